The smallest absolute Gasteiger partial charge is 0.0702 e. The van der Waals surface area contributed by atoms with E-state index in [0.29, 0.717) is 18.1 Å². The fourth-order valence-electron chi connectivity index (χ4n) is 2.55. The molecule has 1 aliphatic heterocycles. The van der Waals surface area contributed by atoms with Gasteiger partial charge in [-0.15, -0.1) is 0 Å². The molecule has 0 aliphatic carbocycles. The van der Waals surface area contributed by atoms with Gasteiger partial charge in [0.15, 0.2) is 0 Å². The molecule has 0 aromatic heterocycles. The van der Waals surface area contributed by atoms with E-state index in [9.17, 15) is 0 Å². The van der Waals surface area contributed by atoms with Crippen molar-refractivity contribution in [3.63, 3.8) is 0 Å². The molecule has 1 saturated heterocycles. The lowest BCUT2D eigenvalue weighted by molar-refractivity contribution is -0.0106. The molecule has 0 aromatic carbocycles. The number of ether oxygens (including phenoxy) is 1. The van der Waals surface area contributed by atoms with E-state index in [1.165, 1.54) is 25.7 Å². The standard InChI is InChI=1S/C15H32N2O/c1-5-9-16-11-13(2)14(3)17(4)12-15-8-6-7-10-18-15/h13-16H,5-12H2,1-4H3. The quantitative estimate of drug-likeness (QED) is 0.675. The van der Waals surface area contributed by atoms with Gasteiger partial charge in [-0.2, -0.15) is 0 Å². The second-order valence-corrected chi connectivity index (χ2v) is 5.85. The molecule has 1 rings (SSSR count). The van der Waals surface area contributed by atoms with Crippen LogP contribution in [0.2, 0.25) is 0 Å². The Bertz CT molecular complexity index is 205. The molecule has 0 spiro atoms. The minimum atomic E-state index is 0.460. The van der Waals surface area contributed by atoms with Gasteiger partial charge in [0, 0.05) is 19.2 Å². The van der Waals surface area contributed by atoms with Gasteiger partial charge in [0.25, 0.3) is 0 Å². The first-order valence-electron chi connectivity index (χ1n) is 7.67. The van der Waals surface area contributed by atoms with Crippen LogP contribution in [0.25, 0.3) is 0 Å². The van der Waals surface area contributed by atoms with Gasteiger partial charge in [-0.25, -0.2) is 0 Å². The lowest BCUT2D eigenvalue weighted by atomic mass is 10.0. The molecule has 108 valence electrons. The maximum absolute atomic E-state index is 5.82. The van der Waals surface area contributed by atoms with Crippen molar-refractivity contribution in [2.45, 2.75) is 58.6 Å². The van der Waals surface area contributed by atoms with Crippen LogP contribution in [0.4, 0.5) is 0 Å². The number of nitrogens with zero attached hydrogens (tertiary/aromatic N) is 1. The average Bonchev–Trinajstić information content (AvgIpc) is 2.39. The summed E-state index contributed by atoms with van der Waals surface area (Å²) in [6.07, 6.45) is 5.49. The highest BCUT2D eigenvalue weighted by molar-refractivity contribution is 4.76. The fraction of sp³-hybridized carbons (Fsp3) is 1.00. The van der Waals surface area contributed by atoms with Crippen LogP contribution >= 0.6 is 0 Å². The van der Waals surface area contributed by atoms with Crippen molar-refractivity contribution in [3.8, 4) is 0 Å². The van der Waals surface area contributed by atoms with Crippen molar-refractivity contribution in [1.82, 2.24) is 10.2 Å². The van der Waals surface area contributed by atoms with Crippen molar-refractivity contribution in [3.05, 3.63) is 0 Å². The molecule has 1 fully saturated rings. The molecule has 0 aromatic rings. The van der Waals surface area contributed by atoms with Crippen LogP contribution in [-0.4, -0.2) is 50.3 Å². The average molecular weight is 256 g/mol. The van der Waals surface area contributed by atoms with Crippen LogP contribution in [0.1, 0.15) is 46.5 Å². The van der Waals surface area contributed by atoms with E-state index >= 15 is 0 Å². The van der Waals surface area contributed by atoms with E-state index in [1.54, 1.807) is 0 Å². The van der Waals surface area contributed by atoms with Crippen molar-refractivity contribution in [2.75, 3.05) is 33.3 Å². The molecule has 3 unspecified atom stereocenters. The summed E-state index contributed by atoms with van der Waals surface area (Å²) < 4.78 is 5.82. The number of hydrogen-bond donors (Lipinski definition) is 1. The Morgan fingerprint density at radius 1 is 1.33 bits per heavy atom. The largest absolute Gasteiger partial charge is 0.377 e. The summed E-state index contributed by atoms with van der Waals surface area (Å²) in [4.78, 5) is 2.47. The lowest BCUT2D eigenvalue weighted by Gasteiger charge is -2.34. The molecule has 0 bridgehead atoms. The predicted octanol–water partition coefficient (Wildman–Crippen LogP) is 2.51. The zero-order chi connectivity index (χ0) is 13.4. The first-order chi connectivity index (χ1) is 8.65. The molecule has 1 aliphatic rings. The van der Waals surface area contributed by atoms with Gasteiger partial charge in [-0.3, -0.25) is 0 Å². The van der Waals surface area contributed by atoms with Crippen molar-refractivity contribution in [1.29, 1.82) is 0 Å². The van der Waals surface area contributed by atoms with Crippen LogP contribution < -0.4 is 5.32 Å². The molecule has 0 radical (unpaired) electrons. The highest BCUT2D eigenvalue weighted by Crippen LogP contribution is 2.16. The number of nitrogens with one attached hydrogen (secondary N) is 1. The van der Waals surface area contributed by atoms with Crippen LogP contribution in [0.5, 0.6) is 0 Å². The van der Waals surface area contributed by atoms with Crippen molar-refractivity contribution >= 4 is 0 Å². The minimum Gasteiger partial charge on any atom is -0.377 e. The number of rotatable bonds is 8. The van der Waals surface area contributed by atoms with E-state index in [1.807, 2.05) is 0 Å². The zero-order valence-corrected chi connectivity index (χ0v) is 12.7. The summed E-state index contributed by atoms with van der Waals surface area (Å²) in [5.74, 6) is 0.685. The number of hydrogen-bond acceptors (Lipinski definition) is 3. The molecular formula is C15H32N2O. The van der Waals surface area contributed by atoms with Gasteiger partial charge in [0.1, 0.15) is 0 Å². The van der Waals surface area contributed by atoms with E-state index in [2.05, 4.69) is 38.0 Å². The Labute approximate surface area is 113 Å². The topological polar surface area (TPSA) is 24.5 Å². The monoisotopic (exact) mass is 256 g/mol. The molecule has 3 atom stereocenters. The summed E-state index contributed by atoms with van der Waals surface area (Å²) in [5, 5.41) is 3.52. The van der Waals surface area contributed by atoms with Gasteiger partial charge >= 0.3 is 0 Å². The van der Waals surface area contributed by atoms with E-state index < -0.39 is 0 Å². The highest BCUT2D eigenvalue weighted by Gasteiger charge is 2.21. The van der Waals surface area contributed by atoms with Crippen molar-refractivity contribution in [2.24, 2.45) is 5.92 Å². The van der Waals surface area contributed by atoms with Crippen LogP contribution in [-0.2, 0) is 4.74 Å². The minimum absolute atomic E-state index is 0.460. The summed E-state index contributed by atoms with van der Waals surface area (Å²) in [6.45, 7) is 11.2. The summed E-state index contributed by atoms with van der Waals surface area (Å²) in [5.41, 5.74) is 0. The van der Waals surface area contributed by atoms with Gasteiger partial charge in [0.2, 0.25) is 0 Å². The Morgan fingerprint density at radius 2 is 2.11 bits per heavy atom. The Hall–Kier alpha value is -0.120. The van der Waals surface area contributed by atoms with E-state index in [4.69, 9.17) is 4.74 Å². The first kappa shape index (κ1) is 15.9. The van der Waals surface area contributed by atoms with Gasteiger partial charge in [0.05, 0.1) is 6.10 Å². The normalized spacial score (nSPS) is 24.2. The second kappa shape index (κ2) is 8.89. The van der Waals surface area contributed by atoms with Gasteiger partial charge < -0.3 is 15.0 Å². The number of likely N-dealkylation sites (N-methyl/N-ethyl adjacent to an activating group) is 1. The molecule has 18 heavy (non-hydrogen) atoms. The van der Waals surface area contributed by atoms with Crippen LogP contribution in [0, 0.1) is 5.92 Å². The fourth-order valence-corrected chi connectivity index (χ4v) is 2.55. The molecule has 3 nitrogen and oxygen atoms in total. The van der Waals surface area contributed by atoms with Crippen LogP contribution in [0.3, 0.4) is 0 Å². The summed E-state index contributed by atoms with van der Waals surface area (Å²) in [6, 6.07) is 0.611. The van der Waals surface area contributed by atoms with Gasteiger partial charge in [-0.1, -0.05) is 13.8 Å². The third-order valence-corrected chi connectivity index (χ3v) is 4.18. The Morgan fingerprint density at radius 3 is 2.72 bits per heavy atom. The summed E-state index contributed by atoms with van der Waals surface area (Å²) >= 11 is 0. The molecule has 3 heteroatoms. The zero-order valence-electron chi connectivity index (χ0n) is 12.7. The molecule has 0 amide bonds. The highest BCUT2D eigenvalue weighted by atomic mass is 16.5. The molecule has 0 saturated carbocycles. The summed E-state index contributed by atoms with van der Waals surface area (Å²) in [7, 11) is 2.24. The lowest BCUT2D eigenvalue weighted by Crippen LogP contribution is -2.43. The first-order valence-corrected chi connectivity index (χ1v) is 7.67. The SMILES string of the molecule is CCCNCC(C)C(C)N(C)CC1CCCCO1. The maximum atomic E-state index is 5.82. The molecular weight excluding hydrogens is 224 g/mol. The van der Waals surface area contributed by atoms with Crippen LogP contribution in [0.15, 0.2) is 0 Å². The van der Waals surface area contributed by atoms with Gasteiger partial charge in [-0.05, 0) is 58.7 Å². The predicted molar refractivity (Wildman–Crippen MR) is 78.0 cm³/mol. The van der Waals surface area contributed by atoms with Crippen molar-refractivity contribution < 1.29 is 4.74 Å². The van der Waals surface area contributed by atoms with E-state index in [-0.39, 0.29) is 0 Å². The Kier molecular flexibility index (Phi) is 7.87. The molecule has 1 N–H and O–H groups in total. The third-order valence-electron chi connectivity index (χ3n) is 4.18. The second-order valence-electron chi connectivity index (χ2n) is 5.85. The molecule has 1 heterocycles. The Balaban J connectivity index is 2.23. The van der Waals surface area contributed by atoms with E-state index in [0.717, 1.165) is 26.2 Å². The third kappa shape index (κ3) is 5.68. The maximum Gasteiger partial charge on any atom is 0.0702 e.